The summed E-state index contributed by atoms with van der Waals surface area (Å²) in [6.45, 7) is 1.60. The van der Waals surface area contributed by atoms with E-state index < -0.39 is 12.0 Å². The molecule has 0 aliphatic heterocycles. The minimum absolute atomic E-state index is 0.525. The Balaban J connectivity index is 2.96. The van der Waals surface area contributed by atoms with Gasteiger partial charge in [0, 0.05) is 12.7 Å². The van der Waals surface area contributed by atoms with Crippen LogP contribution >= 0.6 is 0 Å². The van der Waals surface area contributed by atoms with E-state index in [4.69, 9.17) is 10.4 Å². The minimum atomic E-state index is -0.889. The number of hydrogen-bond donors (Lipinski definition) is 1. The number of aliphatic carboxylic acids is 1. The number of hydrogen-bond acceptors (Lipinski definition) is 3. The molecule has 0 bridgehead atoms. The Morgan fingerprint density at radius 3 is 2.80 bits per heavy atom. The van der Waals surface area contributed by atoms with Gasteiger partial charge in [-0.1, -0.05) is 6.07 Å². The number of benzene rings is 1. The Kier molecular flexibility index (Phi) is 3.29. The van der Waals surface area contributed by atoms with E-state index in [0.717, 1.165) is 5.69 Å². The number of carboxylic acids is 1. The van der Waals surface area contributed by atoms with Crippen LogP contribution in [0.15, 0.2) is 24.3 Å². The van der Waals surface area contributed by atoms with Crippen molar-refractivity contribution in [1.29, 1.82) is 5.26 Å². The maximum absolute atomic E-state index is 10.8. The molecule has 4 nitrogen and oxygen atoms in total. The third-order valence-corrected chi connectivity index (χ3v) is 2.32. The molecule has 78 valence electrons. The molecule has 0 heterocycles. The number of carboxylic acid groups (broad SMARTS) is 1. The summed E-state index contributed by atoms with van der Waals surface area (Å²) < 4.78 is 0. The van der Waals surface area contributed by atoms with Crippen molar-refractivity contribution in [2.75, 3.05) is 11.9 Å². The topological polar surface area (TPSA) is 64.3 Å². The van der Waals surface area contributed by atoms with Crippen LogP contribution in [-0.2, 0) is 4.79 Å². The Labute approximate surface area is 88.4 Å². The van der Waals surface area contributed by atoms with E-state index >= 15 is 0 Å². The smallest absolute Gasteiger partial charge is 0.326 e. The summed E-state index contributed by atoms with van der Waals surface area (Å²) in [5.41, 5.74) is 1.25. The first-order valence-corrected chi connectivity index (χ1v) is 4.52. The van der Waals surface area contributed by atoms with Gasteiger partial charge in [-0.05, 0) is 25.1 Å². The summed E-state index contributed by atoms with van der Waals surface area (Å²) in [6.07, 6.45) is 0. The summed E-state index contributed by atoms with van der Waals surface area (Å²) in [6, 6.07) is 8.27. The minimum Gasteiger partial charge on any atom is -0.480 e. The van der Waals surface area contributed by atoms with Crippen molar-refractivity contribution in [3.8, 4) is 6.07 Å². The summed E-state index contributed by atoms with van der Waals surface area (Å²) in [5, 5.41) is 17.5. The van der Waals surface area contributed by atoms with E-state index in [2.05, 4.69) is 0 Å². The average molecular weight is 204 g/mol. The van der Waals surface area contributed by atoms with Gasteiger partial charge < -0.3 is 10.0 Å². The van der Waals surface area contributed by atoms with E-state index in [1.807, 2.05) is 6.07 Å². The number of rotatable bonds is 3. The molecule has 0 fully saturated rings. The molecule has 15 heavy (non-hydrogen) atoms. The first-order valence-electron chi connectivity index (χ1n) is 4.52. The summed E-state index contributed by atoms with van der Waals surface area (Å²) in [5.74, 6) is -0.889. The largest absolute Gasteiger partial charge is 0.480 e. The fourth-order valence-electron chi connectivity index (χ4n) is 1.18. The van der Waals surface area contributed by atoms with Crippen LogP contribution in [0.25, 0.3) is 0 Å². The number of anilines is 1. The van der Waals surface area contributed by atoms with Gasteiger partial charge in [0.2, 0.25) is 0 Å². The van der Waals surface area contributed by atoms with Crippen LogP contribution in [0.2, 0.25) is 0 Å². The fraction of sp³-hybridized carbons (Fsp3) is 0.273. The van der Waals surface area contributed by atoms with Crippen molar-refractivity contribution in [3.63, 3.8) is 0 Å². The third-order valence-electron chi connectivity index (χ3n) is 2.32. The molecule has 0 radical (unpaired) electrons. The molecule has 0 amide bonds. The first kappa shape index (κ1) is 11.1. The van der Waals surface area contributed by atoms with Gasteiger partial charge in [-0.15, -0.1) is 0 Å². The van der Waals surface area contributed by atoms with Crippen LogP contribution in [0.5, 0.6) is 0 Å². The first-order chi connectivity index (χ1) is 7.06. The van der Waals surface area contributed by atoms with Gasteiger partial charge in [-0.3, -0.25) is 0 Å². The molecular weight excluding hydrogens is 192 g/mol. The Hall–Kier alpha value is -2.02. The molecule has 0 saturated carbocycles. The van der Waals surface area contributed by atoms with Gasteiger partial charge in [0.15, 0.2) is 0 Å². The van der Waals surface area contributed by atoms with E-state index in [-0.39, 0.29) is 0 Å². The Morgan fingerprint density at radius 2 is 2.27 bits per heavy atom. The summed E-state index contributed by atoms with van der Waals surface area (Å²) in [7, 11) is 1.69. The zero-order valence-electron chi connectivity index (χ0n) is 8.64. The van der Waals surface area contributed by atoms with Gasteiger partial charge in [-0.25, -0.2) is 4.79 Å². The molecular formula is C11H12N2O2. The van der Waals surface area contributed by atoms with Crippen LogP contribution in [-0.4, -0.2) is 24.2 Å². The van der Waals surface area contributed by atoms with E-state index in [1.165, 1.54) is 0 Å². The molecule has 1 aromatic carbocycles. The van der Waals surface area contributed by atoms with Gasteiger partial charge in [0.1, 0.15) is 6.04 Å². The summed E-state index contributed by atoms with van der Waals surface area (Å²) >= 11 is 0. The maximum atomic E-state index is 10.8. The van der Waals surface area contributed by atoms with Crippen LogP contribution in [0.3, 0.4) is 0 Å². The Morgan fingerprint density at radius 1 is 1.60 bits per heavy atom. The molecule has 1 N–H and O–H groups in total. The highest BCUT2D eigenvalue weighted by Gasteiger charge is 2.16. The Bertz CT molecular complexity index is 409. The van der Waals surface area contributed by atoms with Crippen LogP contribution in [0, 0.1) is 11.3 Å². The highest BCUT2D eigenvalue weighted by atomic mass is 16.4. The van der Waals surface area contributed by atoms with Crippen LogP contribution < -0.4 is 4.90 Å². The second-order valence-corrected chi connectivity index (χ2v) is 3.29. The number of carbonyl (C=O) groups is 1. The van der Waals surface area contributed by atoms with Crippen molar-refractivity contribution >= 4 is 11.7 Å². The molecule has 0 aliphatic rings. The molecule has 4 heteroatoms. The summed E-state index contributed by atoms with van der Waals surface area (Å²) in [4.78, 5) is 12.4. The highest BCUT2D eigenvalue weighted by molar-refractivity contribution is 5.77. The van der Waals surface area contributed by atoms with E-state index in [1.54, 1.807) is 43.1 Å². The average Bonchev–Trinajstić information content (AvgIpc) is 2.27. The molecule has 0 spiro atoms. The lowest BCUT2D eigenvalue weighted by molar-refractivity contribution is -0.138. The standard InChI is InChI=1S/C11H12N2O2/c1-8(11(14)15)13(2)10-5-3-4-9(6-10)7-12/h3-6,8H,1-2H3,(H,14,15)/t8-/m0/s1. The number of nitrogens with zero attached hydrogens (tertiary/aromatic N) is 2. The van der Waals surface area contributed by atoms with Crippen LogP contribution in [0.1, 0.15) is 12.5 Å². The third kappa shape index (κ3) is 2.47. The van der Waals surface area contributed by atoms with Crippen molar-refractivity contribution in [2.24, 2.45) is 0 Å². The molecule has 0 saturated heterocycles. The zero-order valence-corrected chi connectivity index (χ0v) is 8.64. The molecule has 1 atom stereocenters. The van der Waals surface area contributed by atoms with Gasteiger partial charge in [0.25, 0.3) is 0 Å². The van der Waals surface area contributed by atoms with Gasteiger partial charge in [-0.2, -0.15) is 5.26 Å². The maximum Gasteiger partial charge on any atom is 0.326 e. The van der Waals surface area contributed by atoms with Gasteiger partial charge in [0.05, 0.1) is 11.6 Å². The van der Waals surface area contributed by atoms with Crippen molar-refractivity contribution in [2.45, 2.75) is 13.0 Å². The quantitative estimate of drug-likeness (QED) is 0.809. The number of nitriles is 1. The molecule has 0 aromatic heterocycles. The molecule has 1 rings (SSSR count). The molecule has 0 unspecified atom stereocenters. The monoisotopic (exact) mass is 204 g/mol. The van der Waals surface area contributed by atoms with E-state index in [9.17, 15) is 4.79 Å². The SMILES string of the molecule is C[C@@H](C(=O)O)N(C)c1cccc(C#N)c1. The zero-order chi connectivity index (χ0) is 11.4. The van der Waals surface area contributed by atoms with Gasteiger partial charge >= 0.3 is 5.97 Å². The van der Waals surface area contributed by atoms with E-state index in [0.29, 0.717) is 5.56 Å². The second kappa shape index (κ2) is 4.47. The lowest BCUT2D eigenvalue weighted by Gasteiger charge is -2.23. The normalized spacial score (nSPS) is 11.5. The number of likely N-dealkylation sites (N-methyl/N-ethyl adjacent to an activating group) is 1. The lowest BCUT2D eigenvalue weighted by Crippen LogP contribution is -2.35. The van der Waals surface area contributed by atoms with Crippen molar-refractivity contribution < 1.29 is 9.90 Å². The van der Waals surface area contributed by atoms with Crippen LogP contribution in [0.4, 0.5) is 5.69 Å². The highest BCUT2D eigenvalue weighted by Crippen LogP contribution is 2.16. The lowest BCUT2D eigenvalue weighted by atomic mass is 10.2. The second-order valence-electron chi connectivity index (χ2n) is 3.29. The fourth-order valence-corrected chi connectivity index (χ4v) is 1.18. The van der Waals surface area contributed by atoms with Crippen molar-refractivity contribution in [3.05, 3.63) is 29.8 Å². The molecule has 0 aliphatic carbocycles. The molecule has 1 aromatic rings. The predicted molar refractivity (Wildman–Crippen MR) is 56.7 cm³/mol. The van der Waals surface area contributed by atoms with Crippen molar-refractivity contribution in [1.82, 2.24) is 0 Å². The predicted octanol–water partition coefficient (Wildman–Crippen LogP) is 1.47.